The van der Waals surface area contributed by atoms with Crippen LogP contribution in [0.25, 0.3) is 6.08 Å². The zero-order chi connectivity index (χ0) is 20.2. The predicted molar refractivity (Wildman–Crippen MR) is 110 cm³/mol. The highest BCUT2D eigenvalue weighted by Crippen LogP contribution is 2.53. The summed E-state index contributed by atoms with van der Waals surface area (Å²) in [6.07, 6.45) is 5.49. The molecular formula is C22H24N4O3. The maximum absolute atomic E-state index is 12.2. The number of aromatic nitrogens is 1. The summed E-state index contributed by atoms with van der Waals surface area (Å²) in [5.74, 6) is 2.51. The third kappa shape index (κ3) is 4.74. The van der Waals surface area contributed by atoms with Gasteiger partial charge in [0, 0.05) is 31.9 Å². The van der Waals surface area contributed by atoms with Crippen LogP contribution < -0.4 is 15.8 Å². The number of nitrogen functional groups attached to an aromatic ring is 1. The number of ether oxygens (including phenoxy) is 1. The highest BCUT2D eigenvalue weighted by Gasteiger charge is 2.56. The Morgan fingerprint density at radius 3 is 2.62 bits per heavy atom. The van der Waals surface area contributed by atoms with Gasteiger partial charge in [-0.2, -0.15) is 0 Å². The molecule has 2 aliphatic rings. The molecule has 7 heteroatoms. The van der Waals surface area contributed by atoms with E-state index in [4.69, 9.17) is 10.5 Å². The molecule has 7 nitrogen and oxygen atoms in total. The van der Waals surface area contributed by atoms with Crippen molar-refractivity contribution in [3.63, 3.8) is 0 Å². The molecule has 0 unspecified atom stereocenters. The number of nitrogens with two attached hydrogens (primary N) is 1. The number of rotatable bonds is 6. The highest BCUT2D eigenvalue weighted by atomic mass is 16.6. The van der Waals surface area contributed by atoms with Crippen molar-refractivity contribution in [2.75, 3.05) is 25.4 Å². The van der Waals surface area contributed by atoms with Crippen LogP contribution in [0.2, 0.25) is 0 Å². The van der Waals surface area contributed by atoms with Gasteiger partial charge in [0.2, 0.25) is 5.91 Å². The second kappa shape index (κ2) is 8.34. The summed E-state index contributed by atoms with van der Waals surface area (Å²) in [6, 6.07) is 12.6. The standard InChI is InChI=1S/C22H24N4O3/c23-20-8-6-15(12-25-20)7-9-21(27)24-11-10-17-18-13-26(14-19(17)18)22(28)29-16-4-2-1-3-5-16/h1-9,12,17-19H,10-11,13-14H2,(H2,23,25)(H,24,27)/b9-7+/t17-,18-,19+. The number of hydrogen-bond acceptors (Lipinski definition) is 5. The third-order valence-electron chi connectivity index (χ3n) is 5.59. The summed E-state index contributed by atoms with van der Waals surface area (Å²) < 4.78 is 5.40. The van der Waals surface area contributed by atoms with Crippen molar-refractivity contribution >= 4 is 23.9 Å². The summed E-state index contributed by atoms with van der Waals surface area (Å²) in [4.78, 5) is 29.9. The molecule has 3 atom stereocenters. The van der Waals surface area contributed by atoms with Crippen molar-refractivity contribution in [3.05, 3.63) is 60.3 Å². The summed E-state index contributed by atoms with van der Waals surface area (Å²) in [5, 5.41) is 2.92. The largest absolute Gasteiger partial charge is 0.415 e. The van der Waals surface area contributed by atoms with Crippen molar-refractivity contribution < 1.29 is 14.3 Å². The number of piperidine rings is 1. The van der Waals surface area contributed by atoms with E-state index in [1.807, 2.05) is 24.3 Å². The molecule has 0 bridgehead atoms. The molecule has 4 rings (SSSR count). The monoisotopic (exact) mass is 392 g/mol. The molecule has 1 aliphatic carbocycles. The number of anilines is 1. The molecule has 0 spiro atoms. The predicted octanol–water partition coefficient (Wildman–Crippen LogP) is 2.56. The van der Waals surface area contributed by atoms with Crippen LogP contribution in [-0.2, 0) is 4.79 Å². The number of para-hydroxylation sites is 1. The molecule has 2 amide bonds. The van der Waals surface area contributed by atoms with Crippen molar-refractivity contribution in [1.82, 2.24) is 15.2 Å². The second-order valence-corrected chi connectivity index (χ2v) is 7.51. The first-order chi connectivity index (χ1) is 14.1. The van der Waals surface area contributed by atoms with Gasteiger partial charge in [0.15, 0.2) is 0 Å². The average molecular weight is 392 g/mol. The lowest BCUT2D eigenvalue weighted by Gasteiger charge is -2.19. The van der Waals surface area contributed by atoms with Crippen LogP contribution in [0.3, 0.4) is 0 Å². The van der Waals surface area contributed by atoms with E-state index < -0.39 is 0 Å². The quantitative estimate of drug-likeness (QED) is 0.737. The van der Waals surface area contributed by atoms with Gasteiger partial charge in [-0.1, -0.05) is 18.2 Å². The van der Waals surface area contributed by atoms with Gasteiger partial charge in [0.25, 0.3) is 0 Å². The third-order valence-corrected chi connectivity index (χ3v) is 5.59. The highest BCUT2D eigenvalue weighted by molar-refractivity contribution is 5.91. The van der Waals surface area contributed by atoms with Crippen molar-refractivity contribution in [2.24, 2.45) is 17.8 Å². The number of carbonyl (C=O) groups excluding carboxylic acids is 2. The van der Waals surface area contributed by atoms with Crippen LogP contribution in [0.1, 0.15) is 12.0 Å². The maximum Gasteiger partial charge on any atom is 0.415 e. The van der Waals surface area contributed by atoms with Crippen molar-refractivity contribution in [3.8, 4) is 5.75 Å². The summed E-state index contributed by atoms with van der Waals surface area (Å²) >= 11 is 0. The minimum Gasteiger partial charge on any atom is -0.410 e. The molecule has 0 radical (unpaired) electrons. The number of nitrogens with zero attached hydrogens (tertiary/aromatic N) is 2. The summed E-state index contributed by atoms with van der Waals surface area (Å²) in [7, 11) is 0. The van der Waals surface area contributed by atoms with E-state index in [2.05, 4.69) is 10.3 Å². The Bertz CT molecular complexity index is 886. The lowest BCUT2D eigenvalue weighted by molar-refractivity contribution is -0.116. The second-order valence-electron chi connectivity index (χ2n) is 7.51. The molecule has 1 aromatic carbocycles. The first-order valence-corrected chi connectivity index (χ1v) is 9.79. The van der Waals surface area contributed by atoms with Crippen molar-refractivity contribution in [1.29, 1.82) is 0 Å². The topological polar surface area (TPSA) is 97.6 Å². The van der Waals surface area contributed by atoms with E-state index in [0.717, 1.165) is 25.1 Å². The number of pyridine rings is 1. The first kappa shape index (κ1) is 19.0. The molecule has 1 aromatic heterocycles. The van der Waals surface area contributed by atoms with Crippen LogP contribution in [-0.4, -0.2) is 41.5 Å². The molecule has 150 valence electrons. The van der Waals surface area contributed by atoms with Crippen LogP contribution in [0.15, 0.2) is 54.7 Å². The molecule has 2 fully saturated rings. The van der Waals surface area contributed by atoms with Gasteiger partial charge < -0.3 is 20.7 Å². The van der Waals surface area contributed by atoms with Gasteiger partial charge in [-0.15, -0.1) is 0 Å². The molecule has 1 saturated carbocycles. The lowest BCUT2D eigenvalue weighted by atomic mass is 10.2. The number of hydrogen-bond donors (Lipinski definition) is 2. The fraction of sp³-hybridized carbons (Fsp3) is 0.318. The zero-order valence-electron chi connectivity index (χ0n) is 16.0. The minimum absolute atomic E-state index is 0.124. The fourth-order valence-corrected chi connectivity index (χ4v) is 3.99. The lowest BCUT2D eigenvalue weighted by Crippen LogP contribution is -2.34. The summed E-state index contributed by atoms with van der Waals surface area (Å²) in [5.41, 5.74) is 6.37. The van der Waals surface area contributed by atoms with Gasteiger partial charge in [-0.25, -0.2) is 9.78 Å². The van der Waals surface area contributed by atoms with Gasteiger partial charge in [-0.3, -0.25) is 4.79 Å². The van der Waals surface area contributed by atoms with Gasteiger partial charge >= 0.3 is 6.09 Å². The van der Waals surface area contributed by atoms with Gasteiger partial charge in [0.05, 0.1) is 0 Å². The normalized spacial score (nSPS) is 22.3. The molecule has 1 aliphatic heterocycles. The summed E-state index contributed by atoms with van der Waals surface area (Å²) in [6.45, 7) is 2.10. The number of nitrogens with one attached hydrogen (secondary N) is 1. The van der Waals surface area contributed by atoms with Crippen LogP contribution in [0.4, 0.5) is 10.6 Å². The number of carbonyl (C=O) groups is 2. The van der Waals surface area contributed by atoms with E-state index in [-0.39, 0.29) is 12.0 Å². The van der Waals surface area contributed by atoms with Crippen LogP contribution in [0.5, 0.6) is 5.75 Å². The molecule has 3 N–H and O–H groups in total. The van der Waals surface area contributed by atoms with E-state index in [0.29, 0.717) is 35.9 Å². The Labute approximate surface area is 169 Å². The Balaban J connectivity index is 1.14. The van der Waals surface area contributed by atoms with Crippen LogP contribution in [0, 0.1) is 17.8 Å². The average Bonchev–Trinajstić information content (AvgIpc) is 3.17. The first-order valence-electron chi connectivity index (χ1n) is 9.79. The number of fused-ring (bicyclic) bond motifs is 1. The van der Waals surface area contributed by atoms with E-state index >= 15 is 0 Å². The molecule has 29 heavy (non-hydrogen) atoms. The maximum atomic E-state index is 12.2. The Hall–Kier alpha value is -3.35. The smallest absolute Gasteiger partial charge is 0.410 e. The van der Waals surface area contributed by atoms with E-state index in [1.165, 1.54) is 6.08 Å². The Morgan fingerprint density at radius 2 is 1.93 bits per heavy atom. The van der Waals surface area contributed by atoms with Crippen LogP contribution >= 0.6 is 0 Å². The van der Waals surface area contributed by atoms with E-state index in [9.17, 15) is 9.59 Å². The minimum atomic E-state index is -0.280. The zero-order valence-corrected chi connectivity index (χ0v) is 16.0. The Morgan fingerprint density at radius 1 is 1.17 bits per heavy atom. The molecule has 2 heterocycles. The van der Waals surface area contributed by atoms with Gasteiger partial charge in [-0.05, 0) is 60.1 Å². The number of amides is 2. The number of benzene rings is 1. The number of likely N-dealkylation sites (tertiary alicyclic amines) is 1. The van der Waals surface area contributed by atoms with E-state index in [1.54, 1.807) is 35.4 Å². The molecule has 1 saturated heterocycles. The molecule has 2 aromatic rings. The van der Waals surface area contributed by atoms with Crippen molar-refractivity contribution in [2.45, 2.75) is 6.42 Å². The Kier molecular flexibility index (Phi) is 5.46. The molecular weight excluding hydrogens is 368 g/mol. The van der Waals surface area contributed by atoms with Gasteiger partial charge in [0.1, 0.15) is 11.6 Å². The fourth-order valence-electron chi connectivity index (χ4n) is 3.99. The SMILES string of the molecule is Nc1ccc(/C=C/C(=O)NCC[C@@H]2[C@H]3CN(C(=O)Oc4ccccc4)C[C@@H]23)cn1.